The van der Waals surface area contributed by atoms with Gasteiger partial charge in [0.15, 0.2) is 0 Å². The van der Waals surface area contributed by atoms with Crippen LogP contribution < -0.4 is 0 Å². The van der Waals surface area contributed by atoms with Crippen LogP contribution in [0, 0.1) is 18.3 Å². The summed E-state index contributed by atoms with van der Waals surface area (Å²) in [5.41, 5.74) is 3.28. The summed E-state index contributed by atoms with van der Waals surface area (Å²) in [6.07, 6.45) is 0. The predicted molar refractivity (Wildman–Crippen MR) is 85.8 cm³/mol. The highest BCUT2D eigenvalue weighted by Crippen LogP contribution is 2.19. The zero-order chi connectivity index (χ0) is 15.4. The molecule has 0 bridgehead atoms. The van der Waals surface area contributed by atoms with Crippen molar-refractivity contribution in [2.75, 3.05) is 7.05 Å². The molecule has 106 valence electrons. The molecule has 0 heterocycles. The van der Waals surface area contributed by atoms with E-state index in [0.717, 1.165) is 15.6 Å². The van der Waals surface area contributed by atoms with E-state index in [2.05, 4.69) is 22.0 Å². The molecule has 0 fully saturated rings. The van der Waals surface area contributed by atoms with Crippen LogP contribution in [0.15, 0.2) is 46.9 Å². The van der Waals surface area contributed by atoms with E-state index in [1.165, 1.54) is 0 Å². The van der Waals surface area contributed by atoms with Crippen LogP contribution >= 0.6 is 15.9 Å². The molecule has 1 amide bonds. The van der Waals surface area contributed by atoms with Crippen molar-refractivity contribution in [3.05, 3.63) is 69.2 Å². The Morgan fingerprint density at radius 1 is 1.29 bits per heavy atom. The van der Waals surface area contributed by atoms with Crippen LogP contribution in [-0.4, -0.2) is 17.9 Å². The van der Waals surface area contributed by atoms with E-state index in [9.17, 15) is 4.79 Å². The van der Waals surface area contributed by atoms with Crippen LogP contribution in [0.1, 0.15) is 27.0 Å². The third-order valence-corrected chi connectivity index (χ3v) is 4.10. The molecule has 21 heavy (non-hydrogen) atoms. The molecule has 2 aromatic carbocycles. The Morgan fingerprint density at radius 3 is 2.71 bits per heavy atom. The zero-order valence-corrected chi connectivity index (χ0v) is 13.5. The second-order valence-corrected chi connectivity index (χ2v) is 5.79. The minimum atomic E-state index is -0.0435. The van der Waals surface area contributed by atoms with Crippen molar-refractivity contribution in [1.82, 2.24) is 4.90 Å². The van der Waals surface area contributed by atoms with Gasteiger partial charge >= 0.3 is 0 Å². The minimum absolute atomic E-state index is 0.0435. The monoisotopic (exact) mass is 342 g/mol. The van der Waals surface area contributed by atoms with Crippen molar-refractivity contribution in [1.29, 1.82) is 5.26 Å². The van der Waals surface area contributed by atoms with Gasteiger partial charge in [-0.05, 0) is 42.3 Å². The summed E-state index contributed by atoms with van der Waals surface area (Å²) < 4.78 is 0.924. The largest absolute Gasteiger partial charge is 0.337 e. The fourth-order valence-corrected chi connectivity index (χ4v) is 2.41. The highest BCUT2D eigenvalue weighted by atomic mass is 79.9. The van der Waals surface area contributed by atoms with E-state index in [0.29, 0.717) is 17.7 Å². The van der Waals surface area contributed by atoms with Crippen molar-refractivity contribution < 1.29 is 4.79 Å². The second kappa shape index (κ2) is 6.55. The van der Waals surface area contributed by atoms with Gasteiger partial charge in [0.2, 0.25) is 0 Å². The molecule has 0 saturated carbocycles. The Morgan fingerprint density at radius 2 is 2.05 bits per heavy atom. The number of amides is 1. The van der Waals surface area contributed by atoms with Crippen LogP contribution in [0.25, 0.3) is 0 Å². The summed E-state index contributed by atoms with van der Waals surface area (Å²) in [7, 11) is 1.76. The Hall–Kier alpha value is -2.12. The summed E-state index contributed by atoms with van der Waals surface area (Å²) in [4.78, 5) is 14.1. The topological polar surface area (TPSA) is 44.1 Å². The summed E-state index contributed by atoms with van der Waals surface area (Å²) in [5.74, 6) is -0.0435. The number of carbonyl (C=O) groups is 1. The lowest BCUT2D eigenvalue weighted by Gasteiger charge is -2.18. The smallest absolute Gasteiger partial charge is 0.253 e. The summed E-state index contributed by atoms with van der Waals surface area (Å²) >= 11 is 3.44. The normalized spacial score (nSPS) is 10.0. The number of aryl methyl sites for hydroxylation is 1. The Balaban J connectivity index is 2.15. The molecular formula is C17H15BrN2O. The molecule has 2 aromatic rings. The van der Waals surface area contributed by atoms with Crippen molar-refractivity contribution in [2.45, 2.75) is 13.5 Å². The maximum atomic E-state index is 12.4. The quantitative estimate of drug-likeness (QED) is 0.848. The van der Waals surface area contributed by atoms with Gasteiger partial charge in [-0.15, -0.1) is 0 Å². The number of nitriles is 1. The lowest BCUT2D eigenvalue weighted by molar-refractivity contribution is 0.0785. The molecule has 0 aliphatic heterocycles. The first kappa shape index (κ1) is 15.3. The van der Waals surface area contributed by atoms with Crippen molar-refractivity contribution in [3.63, 3.8) is 0 Å². The Labute approximate surface area is 132 Å². The third-order valence-electron chi connectivity index (χ3n) is 3.24. The van der Waals surface area contributed by atoms with Crippen LogP contribution in [0.5, 0.6) is 0 Å². The first-order valence-electron chi connectivity index (χ1n) is 6.52. The molecule has 0 saturated heterocycles. The van der Waals surface area contributed by atoms with E-state index in [4.69, 9.17) is 5.26 Å². The molecule has 3 nitrogen and oxygen atoms in total. The highest BCUT2D eigenvalue weighted by Gasteiger charge is 2.13. The molecule has 0 aliphatic rings. The molecule has 0 unspecified atom stereocenters. The number of hydrogen-bond acceptors (Lipinski definition) is 2. The predicted octanol–water partition coefficient (Wildman–Crippen LogP) is 3.90. The van der Waals surface area contributed by atoms with Gasteiger partial charge in [-0.3, -0.25) is 4.79 Å². The second-order valence-electron chi connectivity index (χ2n) is 4.94. The average Bonchev–Trinajstić information content (AvgIpc) is 2.49. The van der Waals surface area contributed by atoms with Gasteiger partial charge < -0.3 is 4.90 Å². The number of halogens is 1. The number of benzene rings is 2. The number of rotatable bonds is 3. The molecule has 0 radical (unpaired) electrons. The molecule has 0 spiro atoms. The van der Waals surface area contributed by atoms with Gasteiger partial charge in [-0.1, -0.05) is 34.1 Å². The van der Waals surface area contributed by atoms with Gasteiger partial charge in [0.05, 0.1) is 11.6 Å². The molecule has 0 aliphatic carbocycles. The molecule has 0 atom stereocenters. The van der Waals surface area contributed by atoms with Gasteiger partial charge in [-0.2, -0.15) is 5.26 Å². The van der Waals surface area contributed by atoms with Crippen LogP contribution in [0.3, 0.4) is 0 Å². The third kappa shape index (κ3) is 3.71. The molecule has 2 rings (SSSR count). The maximum absolute atomic E-state index is 12.4. The summed E-state index contributed by atoms with van der Waals surface area (Å²) in [6.45, 7) is 2.45. The molecule has 0 N–H and O–H groups in total. The van der Waals surface area contributed by atoms with Crippen LogP contribution in [0.4, 0.5) is 0 Å². The fourth-order valence-electron chi connectivity index (χ4n) is 2.03. The maximum Gasteiger partial charge on any atom is 0.253 e. The Bertz CT molecular complexity index is 719. The standard InChI is InChI=1S/C17H15BrN2O/c1-12-6-7-15(9-16(12)18)17(21)20(2)11-14-5-3-4-13(8-14)10-19/h3-9H,11H2,1-2H3. The van der Waals surface area contributed by atoms with E-state index < -0.39 is 0 Å². The van der Waals surface area contributed by atoms with Gasteiger partial charge in [0.1, 0.15) is 0 Å². The van der Waals surface area contributed by atoms with E-state index in [1.54, 1.807) is 24.1 Å². The lowest BCUT2D eigenvalue weighted by Crippen LogP contribution is -2.26. The molecular weight excluding hydrogens is 328 g/mol. The van der Waals surface area contributed by atoms with Gasteiger partial charge in [-0.25, -0.2) is 0 Å². The van der Waals surface area contributed by atoms with Crippen molar-refractivity contribution >= 4 is 21.8 Å². The minimum Gasteiger partial charge on any atom is -0.337 e. The molecule has 4 heteroatoms. The van der Waals surface area contributed by atoms with E-state index in [-0.39, 0.29) is 5.91 Å². The molecule has 0 aromatic heterocycles. The number of nitrogens with zero attached hydrogens (tertiary/aromatic N) is 2. The van der Waals surface area contributed by atoms with Crippen LogP contribution in [0.2, 0.25) is 0 Å². The van der Waals surface area contributed by atoms with Crippen molar-refractivity contribution in [2.24, 2.45) is 0 Å². The lowest BCUT2D eigenvalue weighted by atomic mass is 10.1. The zero-order valence-electron chi connectivity index (χ0n) is 11.9. The average molecular weight is 343 g/mol. The van der Waals surface area contributed by atoms with Gasteiger partial charge in [0, 0.05) is 23.6 Å². The number of carbonyl (C=O) groups excluding carboxylic acids is 1. The van der Waals surface area contributed by atoms with Crippen molar-refractivity contribution in [3.8, 4) is 6.07 Å². The first-order valence-corrected chi connectivity index (χ1v) is 7.31. The Kier molecular flexibility index (Phi) is 4.77. The first-order chi connectivity index (χ1) is 10.0. The van der Waals surface area contributed by atoms with Gasteiger partial charge in [0.25, 0.3) is 5.91 Å². The summed E-state index contributed by atoms with van der Waals surface area (Å²) in [6, 6.07) is 15.0. The number of hydrogen-bond donors (Lipinski definition) is 0. The fraction of sp³-hybridized carbons (Fsp3) is 0.176. The highest BCUT2D eigenvalue weighted by molar-refractivity contribution is 9.10. The van der Waals surface area contributed by atoms with Crippen LogP contribution in [-0.2, 0) is 6.54 Å². The SMILES string of the molecule is Cc1ccc(C(=O)N(C)Cc2cccc(C#N)c2)cc1Br. The van der Waals surface area contributed by atoms with E-state index in [1.807, 2.05) is 37.3 Å². The van der Waals surface area contributed by atoms with E-state index >= 15 is 0 Å². The summed E-state index contributed by atoms with van der Waals surface area (Å²) in [5, 5.41) is 8.90.